The van der Waals surface area contributed by atoms with Gasteiger partial charge in [-0.05, 0) is 42.8 Å². The van der Waals surface area contributed by atoms with Crippen LogP contribution in [0.15, 0.2) is 42.5 Å². The molecule has 0 spiro atoms. The molecular weight excluding hydrogens is 308 g/mol. The molecule has 0 saturated carbocycles. The fraction of sp³-hybridized carbons (Fsp3) is 0.133. The molecule has 0 saturated heterocycles. The van der Waals surface area contributed by atoms with Crippen LogP contribution in [0, 0.1) is 17.0 Å². The molecule has 1 amide bonds. The molecule has 1 N–H and O–H groups in total. The third-order valence-corrected chi connectivity index (χ3v) is 3.13. The van der Waals surface area contributed by atoms with E-state index in [1.807, 2.05) is 0 Å². The van der Waals surface area contributed by atoms with E-state index in [0.717, 1.165) is 0 Å². The number of halogens is 1. The molecule has 0 atom stereocenters. The van der Waals surface area contributed by atoms with Gasteiger partial charge in [0.2, 0.25) is 0 Å². The third kappa shape index (κ3) is 4.20. The van der Waals surface area contributed by atoms with Crippen LogP contribution in [0.2, 0.25) is 5.02 Å². The number of benzene rings is 2. The topological polar surface area (TPSA) is 81.5 Å². The Bertz CT molecular complexity index is 701. The number of amides is 1. The third-order valence-electron chi connectivity index (χ3n) is 2.88. The SMILES string of the molecule is Cc1cc([N+](=O)[O-])ccc1NC(=O)COc1ccc(Cl)cc1. The van der Waals surface area contributed by atoms with Crippen LogP contribution in [0.3, 0.4) is 0 Å². The highest BCUT2D eigenvalue weighted by molar-refractivity contribution is 6.30. The lowest BCUT2D eigenvalue weighted by Crippen LogP contribution is -2.20. The predicted molar refractivity (Wildman–Crippen MR) is 83.4 cm³/mol. The average molecular weight is 321 g/mol. The zero-order valence-corrected chi connectivity index (χ0v) is 12.5. The van der Waals surface area contributed by atoms with E-state index in [4.69, 9.17) is 16.3 Å². The van der Waals surface area contributed by atoms with Crippen LogP contribution in [-0.4, -0.2) is 17.4 Å². The van der Waals surface area contributed by atoms with Gasteiger partial charge >= 0.3 is 0 Å². The molecule has 0 aromatic heterocycles. The number of nitrogens with zero attached hydrogens (tertiary/aromatic N) is 1. The molecule has 2 rings (SSSR count). The van der Waals surface area contributed by atoms with Crippen LogP contribution in [0.4, 0.5) is 11.4 Å². The van der Waals surface area contributed by atoms with Crippen molar-refractivity contribution in [3.05, 3.63) is 63.2 Å². The zero-order valence-electron chi connectivity index (χ0n) is 11.7. The van der Waals surface area contributed by atoms with Gasteiger partial charge in [-0.2, -0.15) is 0 Å². The number of nitrogens with one attached hydrogen (secondary N) is 1. The maximum absolute atomic E-state index is 11.8. The van der Waals surface area contributed by atoms with Crippen LogP contribution < -0.4 is 10.1 Å². The highest BCUT2D eigenvalue weighted by Gasteiger charge is 2.10. The van der Waals surface area contributed by atoms with Gasteiger partial charge in [-0.3, -0.25) is 14.9 Å². The van der Waals surface area contributed by atoms with Crippen LogP contribution >= 0.6 is 11.6 Å². The van der Waals surface area contributed by atoms with Crippen LogP contribution in [0.1, 0.15) is 5.56 Å². The number of hydrogen-bond donors (Lipinski definition) is 1. The van der Waals surface area contributed by atoms with Crippen molar-refractivity contribution < 1.29 is 14.5 Å². The van der Waals surface area contributed by atoms with Crippen LogP contribution in [0.25, 0.3) is 0 Å². The summed E-state index contributed by atoms with van der Waals surface area (Å²) in [5, 5.41) is 13.9. The molecule has 0 radical (unpaired) electrons. The zero-order chi connectivity index (χ0) is 16.1. The van der Waals surface area contributed by atoms with Gasteiger partial charge in [0.1, 0.15) is 5.75 Å². The highest BCUT2D eigenvalue weighted by Crippen LogP contribution is 2.21. The standard InChI is InChI=1S/C15H13ClN2O4/c1-10-8-12(18(20)21)4-7-14(10)17-15(19)9-22-13-5-2-11(16)3-6-13/h2-8H,9H2,1H3,(H,17,19). The number of hydrogen-bond acceptors (Lipinski definition) is 4. The molecule has 0 aliphatic carbocycles. The lowest BCUT2D eigenvalue weighted by Gasteiger charge is -2.09. The minimum Gasteiger partial charge on any atom is -0.484 e. The molecule has 6 nitrogen and oxygen atoms in total. The lowest BCUT2D eigenvalue weighted by atomic mass is 10.2. The Labute approximate surface area is 131 Å². The molecule has 0 aliphatic rings. The number of non-ortho nitro benzene ring substituents is 1. The first-order valence-electron chi connectivity index (χ1n) is 6.39. The van der Waals surface area contributed by atoms with Gasteiger partial charge in [0, 0.05) is 22.8 Å². The van der Waals surface area contributed by atoms with E-state index in [2.05, 4.69) is 5.32 Å². The van der Waals surface area contributed by atoms with Gasteiger partial charge in [-0.15, -0.1) is 0 Å². The van der Waals surface area contributed by atoms with E-state index in [1.54, 1.807) is 31.2 Å². The van der Waals surface area contributed by atoms with Crippen molar-refractivity contribution in [1.29, 1.82) is 0 Å². The van der Waals surface area contributed by atoms with Crippen molar-refractivity contribution in [3.8, 4) is 5.75 Å². The summed E-state index contributed by atoms with van der Waals surface area (Å²) in [6.45, 7) is 1.51. The highest BCUT2D eigenvalue weighted by atomic mass is 35.5. The minimum absolute atomic E-state index is 0.0205. The molecule has 114 valence electrons. The van der Waals surface area contributed by atoms with E-state index >= 15 is 0 Å². The first-order chi connectivity index (χ1) is 10.5. The largest absolute Gasteiger partial charge is 0.484 e. The van der Waals surface area contributed by atoms with E-state index in [1.165, 1.54) is 18.2 Å². The first kappa shape index (κ1) is 15.8. The van der Waals surface area contributed by atoms with Gasteiger partial charge in [0.15, 0.2) is 6.61 Å². The van der Waals surface area contributed by atoms with Gasteiger partial charge in [0.25, 0.3) is 11.6 Å². The molecule has 0 fully saturated rings. The molecule has 7 heteroatoms. The van der Waals surface area contributed by atoms with Gasteiger partial charge in [-0.25, -0.2) is 0 Å². The average Bonchev–Trinajstić information content (AvgIpc) is 2.48. The number of aryl methyl sites for hydroxylation is 1. The Morgan fingerprint density at radius 2 is 1.95 bits per heavy atom. The van der Waals surface area contributed by atoms with Gasteiger partial charge in [0.05, 0.1) is 4.92 Å². The van der Waals surface area contributed by atoms with Gasteiger partial charge < -0.3 is 10.1 Å². The summed E-state index contributed by atoms with van der Waals surface area (Å²) < 4.78 is 5.32. The molecular formula is C15H13ClN2O4. The minimum atomic E-state index is -0.484. The molecule has 2 aromatic carbocycles. The number of carbonyl (C=O) groups is 1. The second-order valence-electron chi connectivity index (χ2n) is 4.55. The monoisotopic (exact) mass is 320 g/mol. The second-order valence-corrected chi connectivity index (χ2v) is 4.98. The quantitative estimate of drug-likeness (QED) is 0.674. The summed E-state index contributed by atoms with van der Waals surface area (Å²) in [6, 6.07) is 10.9. The number of nitro groups is 1. The summed E-state index contributed by atoms with van der Waals surface area (Å²) in [6.07, 6.45) is 0. The van der Waals surface area contributed by atoms with Crippen molar-refractivity contribution >= 4 is 28.9 Å². The molecule has 0 heterocycles. The van der Waals surface area contributed by atoms with E-state index in [0.29, 0.717) is 22.0 Å². The van der Waals surface area contributed by atoms with E-state index in [-0.39, 0.29) is 18.2 Å². The smallest absolute Gasteiger partial charge is 0.269 e. The summed E-state index contributed by atoms with van der Waals surface area (Å²) >= 11 is 5.75. The van der Waals surface area contributed by atoms with Crippen molar-refractivity contribution in [2.24, 2.45) is 0 Å². The molecule has 0 aliphatic heterocycles. The summed E-state index contributed by atoms with van der Waals surface area (Å²) in [7, 11) is 0. The normalized spacial score (nSPS) is 10.1. The molecule has 2 aromatic rings. The Kier molecular flexibility index (Phi) is 4.95. The Morgan fingerprint density at radius 3 is 2.55 bits per heavy atom. The summed E-state index contributed by atoms with van der Waals surface area (Å²) in [5.74, 6) is 0.173. The predicted octanol–water partition coefficient (Wildman–Crippen LogP) is 3.57. The number of carbonyl (C=O) groups excluding carboxylic acids is 1. The maximum atomic E-state index is 11.8. The van der Waals surface area contributed by atoms with Crippen molar-refractivity contribution in [2.45, 2.75) is 6.92 Å². The Balaban J connectivity index is 1.94. The summed E-state index contributed by atoms with van der Waals surface area (Å²) in [5.41, 5.74) is 1.09. The van der Waals surface area contributed by atoms with Gasteiger partial charge in [-0.1, -0.05) is 11.6 Å². The summed E-state index contributed by atoms with van der Waals surface area (Å²) in [4.78, 5) is 22.0. The van der Waals surface area contributed by atoms with Crippen LogP contribution in [0.5, 0.6) is 5.75 Å². The second kappa shape index (κ2) is 6.91. The van der Waals surface area contributed by atoms with Crippen molar-refractivity contribution in [1.82, 2.24) is 0 Å². The van der Waals surface area contributed by atoms with Crippen LogP contribution in [-0.2, 0) is 4.79 Å². The number of rotatable bonds is 5. The first-order valence-corrected chi connectivity index (χ1v) is 6.77. The van der Waals surface area contributed by atoms with E-state index in [9.17, 15) is 14.9 Å². The Morgan fingerprint density at radius 1 is 1.27 bits per heavy atom. The van der Waals surface area contributed by atoms with Crippen molar-refractivity contribution in [2.75, 3.05) is 11.9 Å². The fourth-order valence-corrected chi connectivity index (χ4v) is 1.89. The number of ether oxygens (including phenoxy) is 1. The molecule has 0 bridgehead atoms. The molecule has 0 unspecified atom stereocenters. The number of nitro benzene ring substituents is 1. The number of anilines is 1. The van der Waals surface area contributed by atoms with E-state index < -0.39 is 4.92 Å². The Hall–Kier alpha value is -2.60. The maximum Gasteiger partial charge on any atom is 0.269 e. The lowest BCUT2D eigenvalue weighted by molar-refractivity contribution is -0.384. The van der Waals surface area contributed by atoms with Crippen molar-refractivity contribution in [3.63, 3.8) is 0 Å². The molecule has 22 heavy (non-hydrogen) atoms. The fourth-order valence-electron chi connectivity index (χ4n) is 1.77.